The normalized spacial score (nSPS) is 10.7. The summed E-state index contributed by atoms with van der Waals surface area (Å²) >= 11 is 0. The van der Waals surface area contributed by atoms with Gasteiger partial charge in [-0.05, 0) is 18.6 Å². The molecule has 0 heterocycles. The second-order valence-corrected chi connectivity index (χ2v) is 5.58. The molecule has 0 aliphatic heterocycles. The monoisotopic (exact) mass is 484 g/mol. The van der Waals surface area contributed by atoms with E-state index in [-0.39, 0.29) is 48.8 Å². The van der Waals surface area contributed by atoms with E-state index < -0.39 is 11.6 Å². The van der Waals surface area contributed by atoms with Crippen LogP contribution in [0.15, 0.2) is 23.2 Å². The highest BCUT2D eigenvalue weighted by molar-refractivity contribution is 14.0. The molecule has 9 heteroatoms. The molecule has 1 aromatic carbocycles. The topological polar surface area (TPSA) is 66.0 Å². The van der Waals surface area contributed by atoms with Gasteiger partial charge in [0.25, 0.3) is 0 Å². The zero-order chi connectivity index (χ0) is 18.7. The third-order valence-electron chi connectivity index (χ3n) is 3.24. The summed E-state index contributed by atoms with van der Waals surface area (Å²) in [7, 11) is 3.33. The number of hydrogen-bond donors (Lipinski definition) is 2. The lowest BCUT2D eigenvalue weighted by molar-refractivity contribution is -0.127. The predicted molar refractivity (Wildman–Crippen MR) is 109 cm³/mol. The Balaban J connectivity index is 0.00000625. The number of unbranched alkanes of at least 4 members (excludes halogenated alkanes) is 1. The van der Waals surface area contributed by atoms with Gasteiger partial charge >= 0.3 is 0 Å². The average molecular weight is 484 g/mol. The van der Waals surface area contributed by atoms with Crippen LogP contribution in [-0.2, 0) is 4.79 Å². The van der Waals surface area contributed by atoms with E-state index in [0.717, 1.165) is 31.5 Å². The molecule has 0 spiro atoms. The van der Waals surface area contributed by atoms with Gasteiger partial charge in [-0.25, -0.2) is 13.8 Å². The van der Waals surface area contributed by atoms with E-state index in [2.05, 4.69) is 22.5 Å². The Bertz CT molecular complexity index is 586. The second kappa shape index (κ2) is 13.5. The molecule has 1 aromatic rings. The van der Waals surface area contributed by atoms with Crippen LogP contribution in [0.5, 0.6) is 5.75 Å². The van der Waals surface area contributed by atoms with Crippen LogP contribution in [0.2, 0.25) is 0 Å². The number of amides is 1. The molecule has 0 fully saturated rings. The number of guanidine groups is 1. The molecule has 1 rings (SSSR count). The highest BCUT2D eigenvalue weighted by atomic mass is 127. The predicted octanol–water partition coefficient (Wildman–Crippen LogP) is 2.39. The highest BCUT2D eigenvalue weighted by Crippen LogP contribution is 2.17. The Kier molecular flexibility index (Phi) is 12.7. The first-order chi connectivity index (χ1) is 11.9. The number of nitrogens with one attached hydrogen (secondary N) is 2. The minimum Gasteiger partial charge on any atom is -0.489 e. The van der Waals surface area contributed by atoms with Gasteiger partial charge in [0.2, 0.25) is 5.91 Å². The molecular formula is C17H27F2IN4O2. The number of hydrogen-bond acceptors (Lipinski definition) is 3. The molecule has 0 aromatic heterocycles. The van der Waals surface area contributed by atoms with Crippen LogP contribution in [0.3, 0.4) is 0 Å². The van der Waals surface area contributed by atoms with Crippen molar-refractivity contribution in [2.24, 2.45) is 4.99 Å². The Labute approximate surface area is 170 Å². The fourth-order valence-electron chi connectivity index (χ4n) is 1.77. The Morgan fingerprint density at radius 1 is 1.23 bits per heavy atom. The first kappa shape index (κ1) is 24.4. The molecule has 0 saturated heterocycles. The molecule has 6 nitrogen and oxygen atoms in total. The average Bonchev–Trinajstić information content (AvgIpc) is 2.57. The van der Waals surface area contributed by atoms with Crippen molar-refractivity contribution in [3.05, 3.63) is 29.8 Å². The summed E-state index contributed by atoms with van der Waals surface area (Å²) in [5.41, 5.74) is 0. The maximum absolute atomic E-state index is 13.5. The van der Waals surface area contributed by atoms with E-state index in [1.165, 1.54) is 11.0 Å². The Morgan fingerprint density at radius 2 is 1.92 bits per heavy atom. The molecule has 0 aliphatic carbocycles. The lowest BCUT2D eigenvalue weighted by atomic mass is 10.3. The minimum absolute atomic E-state index is 0. The molecular weight excluding hydrogens is 457 g/mol. The maximum Gasteiger partial charge on any atom is 0.243 e. The van der Waals surface area contributed by atoms with Crippen LogP contribution >= 0.6 is 24.0 Å². The standard InChI is InChI=1S/C17H26F2N4O2.HI/c1-4-5-8-20-17(22-12-16(24)23(2)3)21-9-10-25-15-7-6-13(18)11-14(15)19;/h6-7,11H,4-5,8-10,12H2,1-3H3,(H2,20,21,22);1H. The summed E-state index contributed by atoms with van der Waals surface area (Å²) in [6.45, 7) is 3.35. The number of benzene rings is 1. The van der Waals surface area contributed by atoms with Crippen LogP contribution in [0.4, 0.5) is 8.78 Å². The van der Waals surface area contributed by atoms with Crippen molar-refractivity contribution in [1.29, 1.82) is 0 Å². The van der Waals surface area contributed by atoms with Gasteiger partial charge in [0.15, 0.2) is 17.5 Å². The summed E-state index contributed by atoms with van der Waals surface area (Å²) in [5, 5.41) is 6.14. The largest absolute Gasteiger partial charge is 0.489 e. The fraction of sp³-hybridized carbons (Fsp3) is 0.529. The van der Waals surface area contributed by atoms with Crippen LogP contribution in [-0.4, -0.2) is 57.1 Å². The Hall–Kier alpha value is -1.65. The minimum atomic E-state index is -0.744. The molecule has 1 amide bonds. The number of ether oxygens (including phenoxy) is 1. The zero-order valence-electron chi connectivity index (χ0n) is 15.3. The van der Waals surface area contributed by atoms with E-state index in [9.17, 15) is 13.6 Å². The van der Waals surface area contributed by atoms with Crippen LogP contribution in [0.25, 0.3) is 0 Å². The smallest absolute Gasteiger partial charge is 0.243 e. The number of carbonyl (C=O) groups excluding carboxylic acids is 1. The number of halogens is 3. The second-order valence-electron chi connectivity index (χ2n) is 5.58. The summed E-state index contributed by atoms with van der Waals surface area (Å²) < 4.78 is 31.6. The molecule has 26 heavy (non-hydrogen) atoms. The first-order valence-corrected chi connectivity index (χ1v) is 8.24. The molecule has 148 valence electrons. The molecule has 0 atom stereocenters. The molecule has 0 saturated carbocycles. The summed E-state index contributed by atoms with van der Waals surface area (Å²) in [6.07, 6.45) is 2.00. The van der Waals surface area contributed by atoms with Gasteiger partial charge in [0, 0.05) is 26.7 Å². The van der Waals surface area contributed by atoms with Crippen molar-refractivity contribution in [2.45, 2.75) is 19.8 Å². The van der Waals surface area contributed by atoms with Gasteiger partial charge in [-0.15, -0.1) is 24.0 Å². The number of aliphatic imine (C=N–C) groups is 1. The van der Waals surface area contributed by atoms with Crippen molar-refractivity contribution in [1.82, 2.24) is 15.5 Å². The fourth-order valence-corrected chi connectivity index (χ4v) is 1.77. The van der Waals surface area contributed by atoms with Crippen LogP contribution in [0, 0.1) is 11.6 Å². The van der Waals surface area contributed by atoms with Crippen LogP contribution < -0.4 is 15.4 Å². The van der Waals surface area contributed by atoms with Gasteiger partial charge in [0.05, 0.1) is 6.54 Å². The lowest BCUT2D eigenvalue weighted by Gasteiger charge is -2.14. The first-order valence-electron chi connectivity index (χ1n) is 8.24. The van der Waals surface area contributed by atoms with Crippen molar-refractivity contribution in [3.63, 3.8) is 0 Å². The van der Waals surface area contributed by atoms with Crippen LogP contribution in [0.1, 0.15) is 19.8 Å². The molecule has 0 unspecified atom stereocenters. The van der Waals surface area contributed by atoms with E-state index in [0.29, 0.717) is 12.5 Å². The highest BCUT2D eigenvalue weighted by Gasteiger charge is 2.06. The van der Waals surface area contributed by atoms with E-state index >= 15 is 0 Å². The summed E-state index contributed by atoms with van der Waals surface area (Å²) in [6, 6.07) is 3.15. The zero-order valence-corrected chi connectivity index (χ0v) is 17.7. The number of likely N-dealkylation sites (N-methyl/N-ethyl adjacent to an activating group) is 1. The SMILES string of the molecule is CCCCNC(=NCC(=O)N(C)C)NCCOc1ccc(F)cc1F.I. The van der Waals surface area contributed by atoms with Crippen molar-refractivity contribution >= 4 is 35.8 Å². The maximum atomic E-state index is 13.5. The molecule has 0 radical (unpaired) electrons. The molecule has 0 aliphatic rings. The van der Waals surface area contributed by atoms with Gasteiger partial charge < -0.3 is 20.3 Å². The van der Waals surface area contributed by atoms with E-state index in [1.807, 2.05) is 0 Å². The number of rotatable bonds is 9. The van der Waals surface area contributed by atoms with Gasteiger partial charge in [-0.2, -0.15) is 0 Å². The third-order valence-corrected chi connectivity index (χ3v) is 3.24. The quantitative estimate of drug-likeness (QED) is 0.245. The van der Waals surface area contributed by atoms with E-state index in [4.69, 9.17) is 4.74 Å². The van der Waals surface area contributed by atoms with Gasteiger partial charge in [0.1, 0.15) is 19.0 Å². The summed E-state index contributed by atoms with van der Waals surface area (Å²) in [5.74, 6) is -1.02. The molecule has 2 N–H and O–H groups in total. The third kappa shape index (κ3) is 9.73. The molecule has 0 bridgehead atoms. The lowest BCUT2D eigenvalue weighted by Crippen LogP contribution is -2.40. The van der Waals surface area contributed by atoms with Crippen molar-refractivity contribution in [3.8, 4) is 5.75 Å². The van der Waals surface area contributed by atoms with Crippen molar-refractivity contribution in [2.75, 3.05) is 40.3 Å². The van der Waals surface area contributed by atoms with Gasteiger partial charge in [-0.1, -0.05) is 13.3 Å². The van der Waals surface area contributed by atoms with Crippen molar-refractivity contribution < 1.29 is 18.3 Å². The Morgan fingerprint density at radius 3 is 2.54 bits per heavy atom. The number of carbonyl (C=O) groups is 1. The van der Waals surface area contributed by atoms with Gasteiger partial charge in [-0.3, -0.25) is 4.79 Å². The number of nitrogens with zero attached hydrogens (tertiary/aromatic N) is 2. The van der Waals surface area contributed by atoms with E-state index in [1.54, 1.807) is 14.1 Å². The summed E-state index contributed by atoms with van der Waals surface area (Å²) in [4.78, 5) is 17.3.